The molecule has 2 nitrogen and oxygen atoms in total. The molecule has 2 rings (SSSR count). The molecule has 0 spiro atoms. The average molecular weight is 287 g/mol. The van der Waals surface area contributed by atoms with Gasteiger partial charge in [0.2, 0.25) is 0 Å². The number of benzene rings is 1. The summed E-state index contributed by atoms with van der Waals surface area (Å²) in [5.74, 6) is -0.199. The number of hydrogen-bond acceptors (Lipinski definition) is 2. The van der Waals surface area contributed by atoms with Crippen molar-refractivity contribution in [3.63, 3.8) is 0 Å². The SMILES string of the molecule is Cc1cc(F)c(Br)cc1N1CCC(N)CC1. The molecule has 1 aliphatic rings. The molecular formula is C12H16BrFN2. The predicted molar refractivity (Wildman–Crippen MR) is 68.3 cm³/mol. The molecule has 0 unspecified atom stereocenters. The Balaban J connectivity index is 2.23. The number of anilines is 1. The Hall–Kier alpha value is -0.610. The maximum Gasteiger partial charge on any atom is 0.137 e. The summed E-state index contributed by atoms with van der Waals surface area (Å²) < 4.78 is 13.8. The van der Waals surface area contributed by atoms with Gasteiger partial charge in [0.25, 0.3) is 0 Å². The molecule has 88 valence electrons. The minimum absolute atomic E-state index is 0.199. The van der Waals surface area contributed by atoms with Crippen LogP contribution in [-0.4, -0.2) is 19.1 Å². The lowest BCUT2D eigenvalue weighted by molar-refractivity contribution is 0.500. The van der Waals surface area contributed by atoms with E-state index in [4.69, 9.17) is 5.73 Å². The van der Waals surface area contributed by atoms with Crippen molar-refractivity contribution in [1.29, 1.82) is 0 Å². The average Bonchev–Trinajstić information content (AvgIpc) is 2.25. The smallest absolute Gasteiger partial charge is 0.137 e. The van der Waals surface area contributed by atoms with Gasteiger partial charge in [-0.2, -0.15) is 0 Å². The first-order valence-electron chi connectivity index (χ1n) is 5.54. The summed E-state index contributed by atoms with van der Waals surface area (Å²) in [5.41, 5.74) is 7.97. The van der Waals surface area contributed by atoms with Gasteiger partial charge >= 0.3 is 0 Å². The van der Waals surface area contributed by atoms with Crippen molar-refractivity contribution < 1.29 is 4.39 Å². The van der Waals surface area contributed by atoms with Gasteiger partial charge in [-0.25, -0.2) is 4.39 Å². The molecule has 0 aromatic heterocycles. The monoisotopic (exact) mass is 286 g/mol. The lowest BCUT2D eigenvalue weighted by atomic mass is 10.0. The second-order valence-corrected chi connectivity index (χ2v) is 5.23. The first kappa shape index (κ1) is 11.9. The Kier molecular flexibility index (Phi) is 3.50. The number of hydrogen-bond donors (Lipinski definition) is 1. The van der Waals surface area contributed by atoms with Crippen molar-refractivity contribution in [3.8, 4) is 0 Å². The topological polar surface area (TPSA) is 29.3 Å². The maximum atomic E-state index is 13.3. The number of nitrogens with two attached hydrogens (primary N) is 1. The number of rotatable bonds is 1. The van der Waals surface area contributed by atoms with E-state index in [9.17, 15) is 4.39 Å². The fraction of sp³-hybridized carbons (Fsp3) is 0.500. The number of aryl methyl sites for hydroxylation is 1. The van der Waals surface area contributed by atoms with E-state index in [1.165, 1.54) is 0 Å². The van der Waals surface area contributed by atoms with Crippen LogP contribution in [0.15, 0.2) is 16.6 Å². The summed E-state index contributed by atoms with van der Waals surface area (Å²) in [6.45, 7) is 3.86. The molecule has 1 fully saturated rings. The van der Waals surface area contributed by atoms with Crippen molar-refractivity contribution >= 4 is 21.6 Å². The quantitative estimate of drug-likeness (QED) is 0.860. The van der Waals surface area contributed by atoms with Crippen LogP contribution in [0.5, 0.6) is 0 Å². The second-order valence-electron chi connectivity index (χ2n) is 4.38. The van der Waals surface area contributed by atoms with Crippen molar-refractivity contribution in [3.05, 3.63) is 28.0 Å². The summed E-state index contributed by atoms with van der Waals surface area (Å²) in [5, 5.41) is 0. The summed E-state index contributed by atoms with van der Waals surface area (Å²) in [4.78, 5) is 2.28. The molecule has 1 saturated heterocycles. The third-order valence-corrected chi connectivity index (χ3v) is 3.73. The Morgan fingerprint density at radius 1 is 1.38 bits per heavy atom. The molecule has 0 radical (unpaired) electrons. The largest absolute Gasteiger partial charge is 0.371 e. The minimum atomic E-state index is -0.199. The molecule has 4 heteroatoms. The highest BCUT2D eigenvalue weighted by Crippen LogP contribution is 2.29. The van der Waals surface area contributed by atoms with Gasteiger partial charge in [0.15, 0.2) is 0 Å². The van der Waals surface area contributed by atoms with Crippen LogP contribution in [0.4, 0.5) is 10.1 Å². The molecular weight excluding hydrogens is 271 g/mol. The van der Waals surface area contributed by atoms with E-state index < -0.39 is 0 Å². The predicted octanol–water partition coefficient (Wildman–Crippen LogP) is 2.82. The highest BCUT2D eigenvalue weighted by molar-refractivity contribution is 9.10. The fourth-order valence-corrected chi connectivity index (χ4v) is 2.45. The normalized spacial score (nSPS) is 17.9. The van der Waals surface area contributed by atoms with Gasteiger partial charge in [-0.15, -0.1) is 0 Å². The van der Waals surface area contributed by atoms with E-state index in [2.05, 4.69) is 20.8 Å². The van der Waals surface area contributed by atoms with Crippen LogP contribution in [0.25, 0.3) is 0 Å². The van der Waals surface area contributed by atoms with Gasteiger partial charge < -0.3 is 10.6 Å². The molecule has 0 saturated carbocycles. The van der Waals surface area contributed by atoms with Crippen LogP contribution >= 0.6 is 15.9 Å². The molecule has 1 aromatic rings. The molecule has 2 N–H and O–H groups in total. The third kappa shape index (κ3) is 2.38. The van der Waals surface area contributed by atoms with Crippen LogP contribution in [0, 0.1) is 12.7 Å². The molecule has 16 heavy (non-hydrogen) atoms. The lowest BCUT2D eigenvalue weighted by Crippen LogP contribution is -2.40. The number of halogens is 2. The van der Waals surface area contributed by atoms with Crippen LogP contribution in [0.3, 0.4) is 0 Å². The van der Waals surface area contributed by atoms with E-state index in [1.807, 2.05) is 13.0 Å². The standard InChI is InChI=1S/C12H16BrFN2/c1-8-6-11(14)10(13)7-12(8)16-4-2-9(15)3-5-16/h6-7,9H,2-5,15H2,1H3. The van der Waals surface area contributed by atoms with Crippen molar-refractivity contribution in [2.75, 3.05) is 18.0 Å². The molecule has 1 aromatic carbocycles. The molecule has 0 aliphatic carbocycles. The molecule has 0 atom stereocenters. The Morgan fingerprint density at radius 2 is 2.00 bits per heavy atom. The Labute approximate surface area is 104 Å². The van der Waals surface area contributed by atoms with Crippen LogP contribution in [0.2, 0.25) is 0 Å². The second kappa shape index (κ2) is 4.72. The van der Waals surface area contributed by atoms with Crippen LogP contribution < -0.4 is 10.6 Å². The highest BCUT2D eigenvalue weighted by atomic mass is 79.9. The van der Waals surface area contributed by atoms with Gasteiger partial charge in [-0.05, 0) is 53.4 Å². The third-order valence-electron chi connectivity index (χ3n) is 3.12. The highest BCUT2D eigenvalue weighted by Gasteiger charge is 2.18. The Bertz CT molecular complexity index is 387. The van der Waals surface area contributed by atoms with Crippen molar-refractivity contribution in [2.24, 2.45) is 5.73 Å². The van der Waals surface area contributed by atoms with Crippen molar-refractivity contribution in [2.45, 2.75) is 25.8 Å². The van der Waals surface area contributed by atoms with E-state index in [0.717, 1.165) is 37.2 Å². The Morgan fingerprint density at radius 3 is 2.62 bits per heavy atom. The first-order valence-corrected chi connectivity index (χ1v) is 6.33. The van der Waals surface area contributed by atoms with Gasteiger partial charge in [0.05, 0.1) is 4.47 Å². The molecule has 1 aliphatic heterocycles. The fourth-order valence-electron chi connectivity index (χ4n) is 2.12. The number of nitrogens with zero attached hydrogens (tertiary/aromatic N) is 1. The molecule has 0 bridgehead atoms. The van der Waals surface area contributed by atoms with Gasteiger partial charge in [-0.1, -0.05) is 0 Å². The zero-order valence-electron chi connectivity index (χ0n) is 9.34. The first-order chi connectivity index (χ1) is 7.58. The van der Waals surface area contributed by atoms with Crippen LogP contribution in [-0.2, 0) is 0 Å². The summed E-state index contributed by atoms with van der Waals surface area (Å²) >= 11 is 3.23. The zero-order chi connectivity index (χ0) is 11.7. The zero-order valence-corrected chi connectivity index (χ0v) is 10.9. The van der Waals surface area contributed by atoms with Gasteiger partial charge in [0, 0.05) is 24.8 Å². The van der Waals surface area contributed by atoms with Crippen molar-refractivity contribution in [1.82, 2.24) is 0 Å². The summed E-state index contributed by atoms with van der Waals surface area (Å²) in [6.07, 6.45) is 2.02. The van der Waals surface area contributed by atoms with E-state index in [1.54, 1.807) is 6.07 Å². The van der Waals surface area contributed by atoms with Gasteiger partial charge in [0.1, 0.15) is 5.82 Å². The minimum Gasteiger partial charge on any atom is -0.371 e. The summed E-state index contributed by atoms with van der Waals surface area (Å²) in [7, 11) is 0. The summed E-state index contributed by atoms with van der Waals surface area (Å²) in [6, 6.07) is 3.76. The molecule has 1 heterocycles. The molecule has 0 amide bonds. The van der Waals surface area contributed by atoms with E-state index in [-0.39, 0.29) is 5.82 Å². The lowest BCUT2D eigenvalue weighted by Gasteiger charge is -2.33. The van der Waals surface area contributed by atoms with E-state index in [0.29, 0.717) is 10.5 Å². The maximum absolute atomic E-state index is 13.3. The number of piperidine rings is 1. The van der Waals surface area contributed by atoms with Gasteiger partial charge in [-0.3, -0.25) is 0 Å². The van der Waals surface area contributed by atoms with E-state index >= 15 is 0 Å². The van der Waals surface area contributed by atoms with Crippen LogP contribution in [0.1, 0.15) is 18.4 Å².